The summed E-state index contributed by atoms with van der Waals surface area (Å²) in [5, 5.41) is 25.4. The number of carbonyl (C=O) groups is 8. The largest absolute Gasteiger partial charge is 0.481 e. The number of rotatable bonds is 13. The fraction of sp³-hybridized carbons (Fsp3) is 0.516. The summed E-state index contributed by atoms with van der Waals surface area (Å²) in [6.45, 7) is 0.510. The highest BCUT2D eigenvalue weighted by atomic mass is 19.4. The van der Waals surface area contributed by atoms with E-state index in [1.807, 2.05) is 0 Å². The molecule has 1 aromatic rings. The lowest BCUT2D eigenvalue weighted by Gasteiger charge is -2.26. The number of unbranched alkanes of at least 4 members (excludes halogenated alkanes) is 1. The maximum absolute atomic E-state index is 13.7. The van der Waals surface area contributed by atoms with Crippen LogP contribution in [0.4, 0.5) is 13.2 Å². The smallest absolute Gasteiger partial charge is 0.471 e. The Kier molecular flexibility index (Phi) is 17.0. The van der Waals surface area contributed by atoms with Crippen molar-refractivity contribution in [2.45, 2.75) is 82.2 Å². The number of guanidine groups is 1. The Morgan fingerprint density at radius 2 is 1.42 bits per heavy atom. The van der Waals surface area contributed by atoms with E-state index in [9.17, 15) is 56.6 Å². The van der Waals surface area contributed by atoms with Crippen LogP contribution in [0.1, 0.15) is 51.0 Å². The van der Waals surface area contributed by atoms with Gasteiger partial charge in [-0.05, 0) is 37.7 Å². The van der Waals surface area contributed by atoms with Gasteiger partial charge in [0, 0.05) is 26.4 Å². The van der Waals surface area contributed by atoms with E-state index in [0.29, 0.717) is 18.4 Å². The number of carboxylic acid groups (broad SMARTS) is 1. The van der Waals surface area contributed by atoms with Crippen LogP contribution >= 0.6 is 0 Å². The number of nitrogens with one attached hydrogen (secondary N) is 7. The topological polar surface area (TPSA) is 279 Å². The molecule has 1 aromatic carbocycles. The third-order valence-corrected chi connectivity index (χ3v) is 7.36. The number of hydrogen-bond donors (Lipinski definition) is 9. The molecule has 1 saturated heterocycles. The summed E-state index contributed by atoms with van der Waals surface area (Å²) in [7, 11) is 0. The van der Waals surface area contributed by atoms with Crippen LogP contribution in [0.3, 0.4) is 0 Å². The Morgan fingerprint density at radius 1 is 0.846 bits per heavy atom. The number of alkyl halides is 3. The first-order valence-corrected chi connectivity index (χ1v) is 16.1. The number of nitrogens with zero attached hydrogens (tertiary/aromatic N) is 1. The second-order valence-corrected chi connectivity index (χ2v) is 11.6. The molecule has 0 radical (unpaired) electrons. The lowest BCUT2D eigenvalue weighted by molar-refractivity contribution is -0.171. The summed E-state index contributed by atoms with van der Waals surface area (Å²) in [6, 6.07) is 2.69. The van der Waals surface area contributed by atoms with Gasteiger partial charge in [0.15, 0.2) is 5.96 Å². The van der Waals surface area contributed by atoms with Crippen LogP contribution in [0.2, 0.25) is 0 Å². The highest BCUT2D eigenvalue weighted by molar-refractivity contribution is 5.99. The monoisotopic (exact) mass is 741 g/mol. The van der Waals surface area contributed by atoms with Crippen LogP contribution in [-0.2, 0) is 44.8 Å². The van der Waals surface area contributed by atoms with Crippen molar-refractivity contribution in [1.82, 2.24) is 37.2 Å². The maximum atomic E-state index is 13.7. The van der Waals surface area contributed by atoms with Crippen molar-refractivity contribution < 1.29 is 56.6 Å². The Balaban J connectivity index is 2.40. The van der Waals surface area contributed by atoms with Crippen LogP contribution in [0.25, 0.3) is 0 Å². The second kappa shape index (κ2) is 20.8. The molecule has 0 spiro atoms. The molecule has 1 heterocycles. The molecule has 0 saturated carbocycles. The summed E-state index contributed by atoms with van der Waals surface area (Å²) >= 11 is 0. The molecule has 0 bridgehead atoms. The van der Waals surface area contributed by atoms with Crippen LogP contribution < -0.4 is 43.0 Å². The van der Waals surface area contributed by atoms with E-state index in [2.05, 4.69) is 36.9 Å². The molecule has 1 fully saturated rings. The lowest BCUT2D eigenvalue weighted by atomic mass is 10.0. The Morgan fingerprint density at radius 3 is 2.04 bits per heavy atom. The zero-order chi connectivity index (χ0) is 38.8. The number of aliphatic carboxylic acids is 1. The average molecular weight is 742 g/mol. The predicted octanol–water partition coefficient (Wildman–Crippen LogP) is -2.15. The SMILES string of the molecule is CC(=O)NCCCC[C@@H]1NC(=O)[C@@H](Cc2ccccc2)NC(=O)[C@H](CC(=O)O)NC(=O)CNC(=O)[C@H](CCCN=C(N)NC(=O)C(F)(F)F)NC1=O. The van der Waals surface area contributed by atoms with Crippen LogP contribution in [0.5, 0.6) is 0 Å². The van der Waals surface area contributed by atoms with Gasteiger partial charge in [-0.2, -0.15) is 13.2 Å². The third-order valence-electron chi connectivity index (χ3n) is 7.36. The quantitative estimate of drug-likeness (QED) is 0.0601. The molecule has 0 aromatic heterocycles. The maximum Gasteiger partial charge on any atom is 0.471 e. The normalized spacial score (nSPS) is 20.8. The van der Waals surface area contributed by atoms with Crippen molar-refractivity contribution in [1.29, 1.82) is 0 Å². The Bertz CT molecular complexity index is 1490. The summed E-state index contributed by atoms with van der Waals surface area (Å²) in [6.07, 6.45) is -5.81. The van der Waals surface area contributed by atoms with Gasteiger partial charge in [0.1, 0.15) is 24.2 Å². The third kappa shape index (κ3) is 15.9. The number of nitrogens with two attached hydrogens (primary N) is 1. The van der Waals surface area contributed by atoms with E-state index in [4.69, 9.17) is 5.73 Å². The van der Waals surface area contributed by atoms with E-state index < -0.39 is 90.7 Å². The molecule has 4 atom stereocenters. The van der Waals surface area contributed by atoms with Crippen molar-refractivity contribution in [3.8, 4) is 0 Å². The summed E-state index contributed by atoms with van der Waals surface area (Å²) < 4.78 is 37.5. The summed E-state index contributed by atoms with van der Waals surface area (Å²) in [4.78, 5) is 104. The highest BCUT2D eigenvalue weighted by Crippen LogP contribution is 2.14. The van der Waals surface area contributed by atoms with E-state index in [-0.39, 0.29) is 44.7 Å². The van der Waals surface area contributed by atoms with Gasteiger partial charge in [-0.3, -0.25) is 48.7 Å². The molecule has 21 heteroatoms. The zero-order valence-electron chi connectivity index (χ0n) is 28.1. The molecule has 18 nitrogen and oxygen atoms in total. The van der Waals surface area contributed by atoms with Gasteiger partial charge in [-0.15, -0.1) is 0 Å². The average Bonchev–Trinajstić information content (AvgIpc) is 3.06. The van der Waals surface area contributed by atoms with Crippen molar-refractivity contribution in [2.75, 3.05) is 19.6 Å². The number of aliphatic imine (C=N–C) groups is 1. The van der Waals surface area contributed by atoms with Gasteiger partial charge in [-0.1, -0.05) is 30.3 Å². The van der Waals surface area contributed by atoms with Crippen molar-refractivity contribution in [3.63, 3.8) is 0 Å². The van der Waals surface area contributed by atoms with Gasteiger partial charge < -0.3 is 42.7 Å². The fourth-order valence-electron chi connectivity index (χ4n) is 4.79. The molecule has 1 aliphatic heterocycles. The first-order chi connectivity index (χ1) is 24.5. The lowest BCUT2D eigenvalue weighted by Crippen LogP contribution is -2.58. The zero-order valence-corrected chi connectivity index (χ0v) is 28.1. The highest BCUT2D eigenvalue weighted by Gasteiger charge is 2.39. The van der Waals surface area contributed by atoms with E-state index >= 15 is 0 Å². The van der Waals surface area contributed by atoms with Crippen LogP contribution in [-0.4, -0.2) is 108 Å². The fourth-order valence-corrected chi connectivity index (χ4v) is 4.79. The first-order valence-electron chi connectivity index (χ1n) is 16.1. The molecule has 7 amide bonds. The first kappa shape index (κ1) is 42.4. The minimum Gasteiger partial charge on any atom is -0.481 e. The molecule has 1 aliphatic rings. The van der Waals surface area contributed by atoms with Crippen molar-refractivity contribution in [2.24, 2.45) is 10.7 Å². The number of carbonyl (C=O) groups excluding carboxylic acids is 7. The van der Waals surface area contributed by atoms with Gasteiger partial charge in [-0.25, -0.2) is 0 Å². The number of halogens is 3. The molecule has 10 N–H and O–H groups in total. The summed E-state index contributed by atoms with van der Waals surface area (Å²) in [5.41, 5.74) is 5.92. The van der Waals surface area contributed by atoms with Crippen molar-refractivity contribution >= 4 is 53.3 Å². The molecular weight excluding hydrogens is 699 g/mol. The van der Waals surface area contributed by atoms with E-state index in [1.165, 1.54) is 12.2 Å². The van der Waals surface area contributed by atoms with E-state index in [0.717, 1.165) is 0 Å². The molecule has 286 valence electrons. The van der Waals surface area contributed by atoms with Gasteiger partial charge in [0.05, 0.1) is 13.0 Å². The van der Waals surface area contributed by atoms with Crippen LogP contribution in [0, 0.1) is 0 Å². The van der Waals surface area contributed by atoms with Gasteiger partial charge in [0.2, 0.25) is 35.4 Å². The van der Waals surface area contributed by atoms with Crippen molar-refractivity contribution in [3.05, 3.63) is 35.9 Å². The minimum absolute atomic E-state index is 0.00108. The van der Waals surface area contributed by atoms with Crippen LogP contribution in [0.15, 0.2) is 35.3 Å². The van der Waals surface area contributed by atoms with Gasteiger partial charge >= 0.3 is 18.1 Å². The molecule has 0 aliphatic carbocycles. The number of amides is 7. The van der Waals surface area contributed by atoms with E-state index in [1.54, 1.807) is 30.3 Å². The Labute approximate surface area is 295 Å². The molecule has 2 rings (SSSR count). The Hall–Kier alpha value is -5.76. The van der Waals surface area contributed by atoms with Gasteiger partial charge in [0.25, 0.3) is 0 Å². The molecule has 52 heavy (non-hydrogen) atoms. The number of benzene rings is 1. The number of hydrogen-bond acceptors (Lipinski definition) is 9. The standard InChI is InChI=1S/C31H42F3N9O9/c1-17(44)36-12-6-5-10-20-26(49)40-19(11-7-13-37-30(35)43-29(52)31(32,33)34)25(48)38-16-23(45)39-22(15-24(46)47)28(51)42-21(27(50)41-20)14-18-8-3-2-4-9-18/h2-4,8-9,19-22H,5-7,10-16H2,1H3,(H,36,44)(H,38,48)(H,39,45)(H,40,49)(H,41,50)(H,42,51)(H,46,47)(H3,35,37,43,52)/t19-,20-,21+,22-/m0/s1. The summed E-state index contributed by atoms with van der Waals surface area (Å²) in [5.74, 6) is -9.54. The molecule has 0 unspecified atom stereocenters. The predicted molar refractivity (Wildman–Crippen MR) is 176 cm³/mol. The molecular formula is C31H42F3N9O9. The number of carboxylic acids is 1. The second-order valence-electron chi connectivity index (χ2n) is 11.6. The minimum atomic E-state index is -5.21.